The third-order valence-corrected chi connectivity index (χ3v) is 2.79. The molecule has 72 valence electrons. The molecule has 1 saturated carbocycles. The van der Waals surface area contributed by atoms with E-state index in [1.807, 2.05) is 7.05 Å². The highest BCUT2D eigenvalue weighted by atomic mass is 15.5. The van der Waals surface area contributed by atoms with Gasteiger partial charge in [-0.25, -0.2) is 4.68 Å². The molecule has 1 heterocycles. The maximum absolute atomic E-state index is 5.83. The summed E-state index contributed by atoms with van der Waals surface area (Å²) in [5.41, 5.74) is 5.83. The van der Waals surface area contributed by atoms with E-state index in [0.717, 1.165) is 31.5 Å². The standard InChI is InChI=1S/C8H15N5/c1-13-8(10-11-12-13)6-2-4-7(9)5-3-6/h6-7H,2-5,9H2,1H3. The Bertz CT molecular complexity index is 274. The van der Waals surface area contributed by atoms with Gasteiger partial charge in [-0.3, -0.25) is 0 Å². The number of aryl methyl sites for hydroxylation is 1. The van der Waals surface area contributed by atoms with Crippen molar-refractivity contribution >= 4 is 0 Å². The Morgan fingerprint density at radius 2 is 2.00 bits per heavy atom. The molecule has 1 aromatic heterocycles. The Kier molecular flexibility index (Phi) is 2.26. The molecule has 5 heteroatoms. The average Bonchev–Trinajstić information content (AvgIpc) is 2.53. The lowest BCUT2D eigenvalue weighted by Gasteiger charge is -2.24. The fourth-order valence-electron chi connectivity index (χ4n) is 1.96. The molecule has 0 amide bonds. The normalized spacial score (nSPS) is 29.1. The lowest BCUT2D eigenvalue weighted by Crippen LogP contribution is -2.26. The Hall–Kier alpha value is -0.970. The van der Waals surface area contributed by atoms with Crippen molar-refractivity contribution in [2.24, 2.45) is 12.8 Å². The van der Waals surface area contributed by atoms with Crippen LogP contribution in [0.3, 0.4) is 0 Å². The van der Waals surface area contributed by atoms with Gasteiger partial charge in [-0.2, -0.15) is 0 Å². The highest BCUT2D eigenvalue weighted by molar-refractivity contribution is 4.96. The van der Waals surface area contributed by atoms with Gasteiger partial charge in [0, 0.05) is 19.0 Å². The van der Waals surface area contributed by atoms with Crippen molar-refractivity contribution in [3.05, 3.63) is 5.82 Å². The van der Waals surface area contributed by atoms with Gasteiger partial charge in [0.05, 0.1) is 0 Å². The second-order valence-corrected chi connectivity index (χ2v) is 3.77. The number of nitrogens with zero attached hydrogens (tertiary/aromatic N) is 4. The van der Waals surface area contributed by atoms with E-state index in [1.54, 1.807) is 4.68 Å². The molecule has 1 fully saturated rings. The molecule has 0 bridgehead atoms. The molecule has 13 heavy (non-hydrogen) atoms. The van der Waals surface area contributed by atoms with Crippen molar-refractivity contribution in [1.29, 1.82) is 0 Å². The van der Waals surface area contributed by atoms with Gasteiger partial charge in [-0.1, -0.05) is 0 Å². The second kappa shape index (κ2) is 3.41. The summed E-state index contributed by atoms with van der Waals surface area (Å²) >= 11 is 0. The predicted octanol–water partition coefficient (Wildman–Crippen LogP) is 0.195. The van der Waals surface area contributed by atoms with Gasteiger partial charge in [0.1, 0.15) is 0 Å². The zero-order valence-corrected chi connectivity index (χ0v) is 7.85. The molecule has 0 atom stereocenters. The molecule has 0 spiro atoms. The van der Waals surface area contributed by atoms with Crippen LogP contribution in [0.2, 0.25) is 0 Å². The Morgan fingerprint density at radius 1 is 1.31 bits per heavy atom. The minimum absolute atomic E-state index is 0.387. The maximum atomic E-state index is 5.83. The molecule has 0 radical (unpaired) electrons. The van der Waals surface area contributed by atoms with Gasteiger partial charge in [-0.15, -0.1) is 5.10 Å². The maximum Gasteiger partial charge on any atom is 0.153 e. The molecule has 5 nitrogen and oxygen atoms in total. The van der Waals surface area contributed by atoms with Crippen LogP contribution in [0.15, 0.2) is 0 Å². The van der Waals surface area contributed by atoms with Gasteiger partial charge in [0.25, 0.3) is 0 Å². The van der Waals surface area contributed by atoms with Crippen LogP contribution in [-0.4, -0.2) is 26.2 Å². The fraction of sp³-hybridized carbons (Fsp3) is 0.875. The SMILES string of the molecule is Cn1nnnc1C1CCC(N)CC1. The molecule has 0 aliphatic heterocycles. The van der Waals surface area contributed by atoms with Crippen LogP contribution >= 0.6 is 0 Å². The van der Waals surface area contributed by atoms with Crippen LogP contribution in [-0.2, 0) is 7.05 Å². The lowest BCUT2D eigenvalue weighted by atomic mass is 9.86. The van der Waals surface area contributed by atoms with Gasteiger partial charge >= 0.3 is 0 Å². The molecule has 1 aliphatic rings. The van der Waals surface area contributed by atoms with E-state index >= 15 is 0 Å². The Labute approximate surface area is 77.3 Å². The Balaban J connectivity index is 2.06. The second-order valence-electron chi connectivity index (χ2n) is 3.77. The van der Waals surface area contributed by atoms with E-state index in [2.05, 4.69) is 15.5 Å². The molecule has 0 unspecified atom stereocenters. The van der Waals surface area contributed by atoms with E-state index in [9.17, 15) is 0 Å². The number of tetrazole rings is 1. The van der Waals surface area contributed by atoms with Crippen molar-refractivity contribution in [1.82, 2.24) is 20.2 Å². The van der Waals surface area contributed by atoms with Crippen molar-refractivity contribution in [2.75, 3.05) is 0 Å². The molecule has 1 aromatic rings. The summed E-state index contributed by atoms with van der Waals surface area (Å²) in [5, 5.41) is 11.5. The number of hydrogen-bond acceptors (Lipinski definition) is 4. The number of aromatic nitrogens is 4. The van der Waals surface area contributed by atoms with Crippen molar-refractivity contribution in [2.45, 2.75) is 37.6 Å². The summed E-state index contributed by atoms with van der Waals surface area (Å²) in [4.78, 5) is 0. The minimum atomic E-state index is 0.387. The first-order valence-corrected chi connectivity index (χ1v) is 4.75. The van der Waals surface area contributed by atoms with Crippen LogP contribution in [0.1, 0.15) is 37.4 Å². The highest BCUT2D eigenvalue weighted by Crippen LogP contribution is 2.30. The molecule has 2 N–H and O–H groups in total. The Morgan fingerprint density at radius 3 is 2.54 bits per heavy atom. The monoisotopic (exact) mass is 181 g/mol. The van der Waals surface area contributed by atoms with Crippen LogP contribution in [0, 0.1) is 0 Å². The summed E-state index contributed by atoms with van der Waals surface area (Å²) in [7, 11) is 1.89. The third kappa shape index (κ3) is 1.70. The number of rotatable bonds is 1. The van der Waals surface area contributed by atoms with E-state index in [0.29, 0.717) is 12.0 Å². The van der Waals surface area contributed by atoms with Gasteiger partial charge in [0.15, 0.2) is 5.82 Å². The van der Waals surface area contributed by atoms with Gasteiger partial charge in [0.2, 0.25) is 0 Å². The number of hydrogen-bond donors (Lipinski definition) is 1. The molecular weight excluding hydrogens is 166 g/mol. The predicted molar refractivity (Wildman–Crippen MR) is 48.0 cm³/mol. The molecule has 1 aliphatic carbocycles. The van der Waals surface area contributed by atoms with Crippen LogP contribution in [0.25, 0.3) is 0 Å². The quantitative estimate of drug-likeness (QED) is 0.671. The highest BCUT2D eigenvalue weighted by Gasteiger charge is 2.23. The summed E-state index contributed by atoms with van der Waals surface area (Å²) < 4.78 is 1.77. The first-order valence-electron chi connectivity index (χ1n) is 4.75. The molecule has 0 aromatic carbocycles. The van der Waals surface area contributed by atoms with E-state index in [-0.39, 0.29) is 0 Å². The van der Waals surface area contributed by atoms with Crippen molar-refractivity contribution in [3.63, 3.8) is 0 Å². The topological polar surface area (TPSA) is 69.6 Å². The van der Waals surface area contributed by atoms with Crippen LogP contribution < -0.4 is 5.73 Å². The first kappa shape index (κ1) is 8.62. The van der Waals surface area contributed by atoms with Gasteiger partial charge in [-0.05, 0) is 36.1 Å². The van der Waals surface area contributed by atoms with E-state index < -0.39 is 0 Å². The summed E-state index contributed by atoms with van der Waals surface area (Å²) in [6.07, 6.45) is 4.43. The smallest absolute Gasteiger partial charge is 0.153 e. The van der Waals surface area contributed by atoms with E-state index in [1.165, 1.54) is 0 Å². The van der Waals surface area contributed by atoms with Crippen LogP contribution in [0.5, 0.6) is 0 Å². The fourth-order valence-corrected chi connectivity index (χ4v) is 1.96. The number of nitrogens with two attached hydrogens (primary N) is 1. The van der Waals surface area contributed by atoms with Gasteiger partial charge < -0.3 is 5.73 Å². The zero-order valence-electron chi connectivity index (χ0n) is 7.85. The average molecular weight is 181 g/mol. The van der Waals surface area contributed by atoms with Crippen LogP contribution in [0.4, 0.5) is 0 Å². The molecule has 0 saturated heterocycles. The lowest BCUT2D eigenvalue weighted by molar-refractivity contribution is 0.377. The van der Waals surface area contributed by atoms with Crippen molar-refractivity contribution in [3.8, 4) is 0 Å². The summed E-state index contributed by atoms with van der Waals surface area (Å²) in [5.74, 6) is 1.52. The minimum Gasteiger partial charge on any atom is -0.328 e. The third-order valence-electron chi connectivity index (χ3n) is 2.79. The summed E-state index contributed by atoms with van der Waals surface area (Å²) in [6.45, 7) is 0. The van der Waals surface area contributed by atoms with Crippen molar-refractivity contribution < 1.29 is 0 Å². The molecular formula is C8H15N5. The first-order chi connectivity index (χ1) is 6.27. The molecule has 2 rings (SSSR count). The zero-order chi connectivity index (χ0) is 9.26. The summed E-state index contributed by atoms with van der Waals surface area (Å²) in [6, 6.07) is 0.387. The largest absolute Gasteiger partial charge is 0.328 e. The van der Waals surface area contributed by atoms with E-state index in [4.69, 9.17) is 5.73 Å².